The zero-order valence-corrected chi connectivity index (χ0v) is 15.0. The number of rotatable bonds is 6. The van der Waals surface area contributed by atoms with E-state index in [4.69, 9.17) is 4.74 Å². The van der Waals surface area contributed by atoms with E-state index in [0.29, 0.717) is 0 Å². The van der Waals surface area contributed by atoms with E-state index < -0.39 is 0 Å². The van der Waals surface area contributed by atoms with E-state index in [1.54, 1.807) is 11.0 Å². The van der Waals surface area contributed by atoms with Crippen LogP contribution in [0.1, 0.15) is 46.2 Å². The van der Waals surface area contributed by atoms with Crippen LogP contribution in [0.25, 0.3) is 0 Å². The first-order valence-electron chi connectivity index (χ1n) is 8.15. The zero-order chi connectivity index (χ0) is 17.7. The number of aromatic nitrogens is 3. The van der Waals surface area contributed by atoms with Crippen molar-refractivity contribution >= 4 is 5.91 Å². The van der Waals surface area contributed by atoms with Crippen LogP contribution in [0, 0.1) is 0 Å². The van der Waals surface area contributed by atoms with Crippen molar-refractivity contribution in [3.8, 4) is 5.75 Å². The Morgan fingerprint density at radius 1 is 1.29 bits per heavy atom. The van der Waals surface area contributed by atoms with Gasteiger partial charge in [-0.25, -0.2) is 9.67 Å². The number of para-hydroxylation sites is 1. The highest BCUT2D eigenvalue weighted by atomic mass is 16.5. The van der Waals surface area contributed by atoms with Gasteiger partial charge in [0.15, 0.2) is 6.61 Å². The summed E-state index contributed by atoms with van der Waals surface area (Å²) in [7, 11) is 0. The molecule has 0 aliphatic heterocycles. The molecule has 1 heterocycles. The van der Waals surface area contributed by atoms with Gasteiger partial charge in [-0.1, -0.05) is 39.0 Å². The molecule has 1 N–H and O–H groups in total. The van der Waals surface area contributed by atoms with Crippen molar-refractivity contribution in [2.24, 2.45) is 0 Å². The summed E-state index contributed by atoms with van der Waals surface area (Å²) in [6, 6.07) is 7.75. The third kappa shape index (κ3) is 4.57. The maximum absolute atomic E-state index is 12.2. The Kier molecular flexibility index (Phi) is 5.59. The molecular weight excluding hydrogens is 304 g/mol. The number of carbonyl (C=O) groups is 1. The van der Waals surface area contributed by atoms with Crippen molar-refractivity contribution in [1.82, 2.24) is 20.1 Å². The van der Waals surface area contributed by atoms with E-state index in [0.717, 1.165) is 11.3 Å². The third-order valence-electron chi connectivity index (χ3n) is 4.02. The van der Waals surface area contributed by atoms with Gasteiger partial charge in [-0.2, -0.15) is 5.10 Å². The number of ether oxygens (including phenoxy) is 1. The normalized spacial score (nSPS) is 14.0. The first-order chi connectivity index (χ1) is 11.3. The molecule has 1 amide bonds. The van der Waals surface area contributed by atoms with E-state index >= 15 is 0 Å². The highest BCUT2D eigenvalue weighted by Crippen LogP contribution is 2.30. The van der Waals surface area contributed by atoms with Gasteiger partial charge in [0.1, 0.15) is 18.4 Å². The van der Waals surface area contributed by atoms with Crippen LogP contribution >= 0.6 is 0 Å². The van der Waals surface area contributed by atoms with E-state index in [2.05, 4.69) is 36.2 Å². The Bertz CT molecular complexity index is 662. The molecule has 6 heteroatoms. The molecule has 6 nitrogen and oxygen atoms in total. The molecule has 0 bridgehead atoms. The van der Waals surface area contributed by atoms with Gasteiger partial charge >= 0.3 is 0 Å². The molecule has 2 rings (SSSR count). The fraction of sp³-hybridized carbons (Fsp3) is 0.500. The number of benzene rings is 1. The van der Waals surface area contributed by atoms with Gasteiger partial charge < -0.3 is 10.1 Å². The maximum atomic E-state index is 12.2. The number of hydrogen-bond donors (Lipinski definition) is 1. The zero-order valence-electron chi connectivity index (χ0n) is 15.0. The second-order valence-electron chi connectivity index (χ2n) is 7.01. The second kappa shape index (κ2) is 7.47. The summed E-state index contributed by atoms with van der Waals surface area (Å²) in [5.41, 5.74) is 1.05. The molecule has 2 unspecified atom stereocenters. The molecule has 0 saturated heterocycles. The van der Waals surface area contributed by atoms with Crippen LogP contribution in [0.4, 0.5) is 0 Å². The minimum atomic E-state index is -0.154. The molecule has 1 aromatic carbocycles. The fourth-order valence-corrected chi connectivity index (χ4v) is 2.43. The van der Waals surface area contributed by atoms with Crippen LogP contribution in [-0.2, 0) is 10.2 Å². The lowest BCUT2D eigenvalue weighted by atomic mass is 9.86. The largest absolute Gasteiger partial charge is 0.483 e. The smallest absolute Gasteiger partial charge is 0.258 e. The monoisotopic (exact) mass is 330 g/mol. The van der Waals surface area contributed by atoms with Crippen molar-refractivity contribution in [2.75, 3.05) is 6.61 Å². The predicted octanol–water partition coefficient (Wildman–Crippen LogP) is 2.72. The van der Waals surface area contributed by atoms with Gasteiger partial charge in [0.2, 0.25) is 0 Å². The van der Waals surface area contributed by atoms with E-state index in [1.807, 2.05) is 38.1 Å². The Hall–Kier alpha value is -2.37. The van der Waals surface area contributed by atoms with Gasteiger partial charge in [0.05, 0.1) is 6.04 Å². The minimum Gasteiger partial charge on any atom is -0.483 e. The second-order valence-corrected chi connectivity index (χ2v) is 7.01. The molecule has 0 fully saturated rings. The van der Waals surface area contributed by atoms with Gasteiger partial charge in [-0.3, -0.25) is 4.79 Å². The molecule has 0 spiro atoms. The van der Waals surface area contributed by atoms with Crippen LogP contribution in [0.5, 0.6) is 5.75 Å². The van der Waals surface area contributed by atoms with Crippen molar-refractivity contribution in [3.05, 3.63) is 42.5 Å². The molecule has 0 radical (unpaired) electrons. The van der Waals surface area contributed by atoms with Crippen molar-refractivity contribution < 1.29 is 9.53 Å². The quantitative estimate of drug-likeness (QED) is 0.884. The van der Waals surface area contributed by atoms with Gasteiger partial charge in [0, 0.05) is 6.04 Å². The van der Waals surface area contributed by atoms with Crippen molar-refractivity contribution in [2.45, 2.75) is 52.1 Å². The number of nitrogens with one attached hydrogen (secondary N) is 1. The summed E-state index contributed by atoms with van der Waals surface area (Å²) < 4.78 is 7.47. The molecule has 2 atom stereocenters. The van der Waals surface area contributed by atoms with Crippen LogP contribution in [0.2, 0.25) is 0 Å². The molecular formula is C18H26N4O2. The van der Waals surface area contributed by atoms with E-state index in [-0.39, 0.29) is 30.0 Å². The first-order valence-corrected chi connectivity index (χ1v) is 8.15. The average Bonchev–Trinajstić information content (AvgIpc) is 3.06. The topological polar surface area (TPSA) is 69.0 Å². The predicted molar refractivity (Wildman–Crippen MR) is 93.0 cm³/mol. The molecule has 0 aliphatic rings. The van der Waals surface area contributed by atoms with E-state index in [1.165, 1.54) is 6.33 Å². The van der Waals surface area contributed by atoms with Crippen LogP contribution in [0.15, 0.2) is 36.9 Å². The number of carbonyl (C=O) groups excluding carboxylic acids is 1. The molecule has 24 heavy (non-hydrogen) atoms. The number of nitrogens with zero attached hydrogens (tertiary/aromatic N) is 3. The number of amides is 1. The third-order valence-corrected chi connectivity index (χ3v) is 4.02. The Balaban J connectivity index is 1.92. The Morgan fingerprint density at radius 3 is 2.62 bits per heavy atom. The summed E-state index contributed by atoms with van der Waals surface area (Å²) in [5, 5.41) is 7.04. The van der Waals surface area contributed by atoms with Crippen molar-refractivity contribution in [3.63, 3.8) is 0 Å². The SMILES string of the molecule is CC(NC(=O)COc1ccccc1C(C)(C)C)C(C)n1cncn1. The van der Waals surface area contributed by atoms with Crippen LogP contribution in [-0.4, -0.2) is 33.3 Å². The van der Waals surface area contributed by atoms with E-state index in [9.17, 15) is 4.79 Å². The molecule has 0 aliphatic carbocycles. The highest BCUT2D eigenvalue weighted by molar-refractivity contribution is 5.77. The lowest BCUT2D eigenvalue weighted by molar-refractivity contribution is -0.124. The lowest BCUT2D eigenvalue weighted by Crippen LogP contribution is -2.40. The molecule has 130 valence electrons. The summed E-state index contributed by atoms with van der Waals surface area (Å²) in [4.78, 5) is 16.1. The summed E-state index contributed by atoms with van der Waals surface area (Å²) in [6.07, 6.45) is 3.13. The molecule has 0 saturated carbocycles. The highest BCUT2D eigenvalue weighted by Gasteiger charge is 2.20. The van der Waals surface area contributed by atoms with Gasteiger partial charge in [0.25, 0.3) is 5.91 Å². The Labute approximate surface area is 143 Å². The lowest BCUT2D eigenvalue weighted by Gasteiger charge is -2.23. The minimum absolute atomic E-state index is 0.0123. The molecule has 2 aromatic rings. The van der Waals surface area contributed by atoms with Crippen molar-refractivity contribution in [1.29, 1.82) is 0 Å². The average molecular weight is 330 g/mol. The molecule has 1 aromatic heterocycles. The fourth-order valence-electron chi connectivity index (χ4n) is 2.43. The van der Waals surface area contributed by atoms with Crippen LogP contribution in [0.3, 0.4) is 0 Å². The summed E-state index contributed by atoms with van der Waals surface area (Å²) >= 11 is 0. The summed E-state index contributed by atoms with van der Waals surface area (Å²) in [5.74, 6) is 0.593. The summed E-state index contributed by atoms with van der Waals surface area (Å²) in [6.45, 7) is 10.3. The van der Waals surface area contributed by atoms with Gasteiger partial charge in [-0.15, -0.1) is 0 Å². The van der Waals surface area contributed by atoms with Gasteiger partial charge in [-0.05, 0) is 30.9 Å². The Morgan fingerprint density at radius 2 is 2.00 bits per heavy atom. The maximum Gasteiger partial charge on any atom is 0.258 e. The standard InChI is InChI=1S/C18H26N4O2/c1-13(14(2)22-12-19-11-20-22)21-17(23)10-24-16-9-7-6-8-15(16)18(3,4)5/h6-9,11-14H,10H2,1-5H3,(H,21,23). The van der Waals surface area contributed by atoms with Crippen LogP contribution < -0.4 is 10.1 Å². The first kappa shape index (κ1) is 18.0. The number of hydrogen-bond acceptors (Lipinski definition) is 4.